The number of benzene rings is 3. The van der Waals surface area contributed by atoms with Crippen LogP contribution in [0.4, 0.5) is 0 Å². The first kappa shape index (κ1) is 13.6. The van der Waals surface area contributed by atoms with Crippen molar-refractivity contribution in [3.05, 3.63) is 78.9 Å². The van der Waals surface area contributed by atoms with Gasteiger partial charge in [0.1, 0.15) is 17.1 Å². The number of methoxy groups -OCH3 is 1. The normalized spacial score (nSPS) is 10.8. The van der Waals surface area contributed by atoms with Gasteiger partial charge in [0.2, 0.25) is 0 Å². The van der Waals surface area contributed by atoms with Gasteiger partial charge in [0.25, 0.3) is 0 Å². The predicted molar refractivity (Wildman–Crippen MR) is 93.6 cm³/mol. The van der Waals surface area contributed by atoms with E-state index in [0.29, 0.717) is 0 Å². The third-order valence-corrected chi connectivity index (χ3v) is 4.00. The molecule has 0 atom stereocenters. The van der Waals surface area contributed by atoms with Crippen molar-refractivity contribution in [2.45, 2.75) is 0 Å². The maximum absolute atomic E-state index is 6.06. The van der Waals surface area contributed by atoms with Crippen molar-refractivity contribution < 1.29 is 9.15 Å². The van der Waals surface area contributed by atoms with Crippen LogP contribution in [0.15, 0.2) is 83.3 Å². The number of fused-ring (bicyclic) bond motifs is 1. The van der Waals surface area contributed by atoms with Gasteiger partial charge in [-0.05, 0) is 23.8 Å². The van der Waals surface area contributed by atoms with Crippen LogP contribution in [0.5, 0.6) is 5.75 Å². The molecule has 0 saturated heterocycles. The van der Waals surface area contributed by atoms with Crippen molar-refractivity contribution in [2.75, 3.05) is 7.11 Å². The molecule has 0 aliphatic heterocycles. The first-order valence-electron chi connectivity index (χ1n) is 7.58. The van der Waals surface area contributed by atoms with Crippen molar-refractivity contribution in [1.29, 1.82) is 0 Å². The van der Waals surface area contributed by atoms with Crippen molar-refractivity contribution in [3.8, 4) is 28.2 Å². The van der Waals surface area contributed by atoms with Crippen molar-refractivity contribution in [3.63, 3.8) is 0 Å². The van der Waals surface area contributed by atoms with E-state index in [2.05, 4.69) is 30.3 Å². The summed E-state index contributed by atoms with van der Waals surface area (Å²) in [7, 11) is 1.70. The lowest BCUT2D eigenvalue weighted by atomic mass is 9.97. The number of para-hydroxylation sites is 1. The van der Waals surface area contributed by atoms with E-state index in [-0.39, 0.29) is 0 Å². The molecule has 0 bridgehead atoms. The molecule has 0 fully saturated rings. The fourth-order valence-electron chi connectivity index (χ4n) is 2.92. The Labute approximate surface area is 135 Å². The number of rotatable bonds is 3. The Balaban J connectivity index is 1.98. The number of hydrogen-bond acceptors (Lipinski definition) is 2. The first-order chi connectivity index (χ1) is 11.4. The zero-order valence-corrected chi connectivity index (χ0v) is 12.8. The monoisotopic (exact) mass is 300 g/mol. The van der Waals surface area contributed by atoms with E-state index in [0.717, 1.165) is 39.2 Å². The maximum atomic E-state index is 6.06. The molecule has 0 saturated carbocycles. The smallest absolute Gasteiger partial charge is 0.136 e. The summed E-state index contributed by atoms with van der Waals surface area (Å²) >= 11 is 0. The molecule has 0 amide bonds. The molecule has 2 heteroatoms. The van der Waals surface area contributed by atoms with Crippen LogP contribution in [0.2, 0.25) is 0 Å². The van der Waals surface area contributed by atoms with Crippen molar-refractivity contribution >= 4 is 11.0 Å². The molecular formula is C21H16O2. The Hall–Kier alpha value is -3.00. The molecular weight excluding hydrogens is 284 g/mol. The Bertz CT molecular complexity index is 919. The number of ether oxygens (including phenoxy) is 1. The molecule has 1 heterocycles. The zero-order chi connectivity index (χ0) is 15.6. The summed E-state index contributed by atoms with van der Waals surface area (Å²) < 4.78 is 11.7. The third-order valence-electron chi connectivity index (χ3n) is 4.00. The molecule has 0 aliphatic rings. The van der Waals surface area contributed by atoms with Gasteiger partial charge in [-0.1, -0.05) is 60.7 Å². The molecule has 3 aromatic carbocycles. The van der Waals surface area contributed by atoms with Crippen LogP contribution in [0.25, 0.3) is 33.4 Å². The second kappa shape index (κ2) is 5.65. The highest BCUT2D eigenvalue weighted by Crippen LogP contribution is 2.40. The van der Waals surface area contributed by atoms with Crippen LogP contribution in [0.3, 0.4) is 0 Å². The van der Waals surface area contributed by atoms with E-state index in [4.69, 9.17) is 9.15 Å². The van der Waals surface area contributed by atoms with E-state index in [1.165, 1.54) is 0 Å². The summed E-state index contributed by atoms with van der Waals surface area (Å²) in [5, 5.41) is 1.10. The average molecular weight is 300 g/mol. The van der Waals surface area contributed by atoms with Gasteiger partial charge in [-0.15, -0.1) is 0 Å². The van der Waals surface area contributed by atoms with Gasteiger partial charge in [0, 0.05) is 16.5 Å². The summed E-state index contributed by atoms with van der Waals surface area (Å²) in [5.41, 5.74) is 4.09. The molecule has 0 spiro atoms. The van der Waals surface area contributed by atoms with E-state index in [1.807, 2.05) is 48.5 Å². The Kier molecular flexibility index (Phi) is 3.35. The Morgan fingerprint density at radius 3 is 2.35 bits per heavy atom. The summed E-state index contributed by atoms with van der Waals surface area (Å²) in [6, 6.07) is 26.4. The van der Waals surface area contributed by atoms with E-state index in [9.17, 15) is 0 Å². The van der Waals surface area contributed by atoms with Crippen LogP contribution in [-0.4, -0.2) is 7.11 Å². The number of hydrogen-bond donors (Lipinski definition) is 0. The fourth-order valence-corrected chi connectivity index (χ4v) is 2.92. The fraction of sp³-hybridized carbons (Fsp3) is 0.0476. The summed E-state index contributed by atoms with van der Waals surface area (Å²) in [6.07, 6.45) is 0. The van der Waals surface area contributed by atoms with Crippen molar-refractivity contribution in [1.82, 2.24) is 0 Å². The lowest BCUT2D eigenvalue weighted by Gasteiger charge is -2.12. The largest absolute Gasteiger partial charge is 0.496 e. The highest BCUT2D eigenvalue weighted by Gasteiger charge is 2.15. The van der Waals surface area contributed by atoms with Gasteiger partial charge in [0.15, 0.2) is 0 Å². The highest BCUT2D eigenvalue weighted by atomic mass is 16.5. The SMILES string of the molecule is COc1cccc(-c2cc3ccccc3o2)c1-c1ccccc1. The second-order valence-corrected chi connectivity index (χ2v) is 5.40. The van der Waals surface area contributed by atoms with Gasteiger partial charge in [-0.2, -0.15) is 0 Å². The average Bonchev–Trinajstić information content (AvgIpc) is 3.05. The van der Waals surface area contributed by atoms with Gasteiger partial charge >= 0.3 is 0 Å². The first-order valence-corrected chi connectivity index (χ1v) is 7.58. The minimum absolute atomic E-state index is 0.842. The van der Waals surface area contributed by atoms with Crippen LogP contribution in [0.1, 0.15) is 0 Å². The van der Waals surface area contributed by atoms with E-state index < -0.39 is 0 Å². The summed E-state index contributed by atoms with van der Waals surface area (Å²) in [4.78, 5) is 0. The van der Waals surface area contributed by atoms with Crippen LogP contribution in [-0.2, 0) is 0 Å². The molecule has 1 aromatic heterocycles. The molecule has 0 unspecified atom stereocenters. The molecule has 0 aliphatic carbocycles. The van der Waals surface area contributed by atoms with Gasteiger partial charge in [-0.25, -0.2) is 0 Å². The summed E-state index contributed by atoms with van der Waals surface area (Å²) in [6.45, 7) is 0. The van der Waals surface area contributed by atoms with E-state index in [1.54, 1.807) is 7.11 Å². The van der Waals surface area contributed by atoms with E-state index >= 15 is 0 Å². The molecule has 2 nitrogen and oxygen atoms in total. The standard InChI is InChI=1S/C21H16O2/c1-22-19-13-7-11-17(21(19)15-8-3-2-4-9-15)20-14-16-10-5-6-12-18(16)23-20/h2-14H,1H3. The predicted octanol–water partition coefficient (Wildman–Crippen LogP) is 5.78. The lowest BCUT2D eigenvalue weighted by Crippen LogP contribution is -1.90. The summed E-state index contributed by atoms with van der Waals surface area (Å²) in [5.74, 6) is 1.69. The molecule has 4 rings (SSSR count). The minimum Gasteiger partial charge on any atom is -0.496 e. The third kappa shape index (κ3) is 2.38. The minimum atomic E-state index is 0.842. The Morgan fingerprint density at radius 1 is 0.783 bits per heavy atom. The van der Waals surface area contributed by atoms with Crippen molar-refractivity contribution in [2.24, 2.45) is 0 Å². The highest BCUT2D eigenvalue weighted by molar-refractivity contribution is 5.90. The van der Waals surface area contributed by atoms with Gasteiger partial charge in [-0.3, -0.25) is 0 Å². The quantitative estimate of drug-likeness (QED) is 0.479. The van der Waals surface area contributed by atoms with Gasteiger partial charge in [0.05, 0.1) is 7.11 Å². The zero-order valence-electron chi connectivity index (χ0n) is 12.8. The van der Waals surface area contributed by atoms with Crippen LogP contribution < -0.4 is 4.74 Å². The maximum Gasteiger partial charge on any atom is 0.136 e. The Morgan fingerprint density at radius 2 is 1.57 bits per heavy atom. The second-order valence-electron chi connectivity index (χ2n) is 5.40. The number of furan rings is 1. The van der Waals surface area contributed by atoms with Crippen LogP contribution >= 0.6 is 0 Å². The van der Waals surface area contributed by atoms with Crippen LogP contribution in [0, 0.1) is 0 Å². The molecule has 0 N–H and O–H groups in total. The molecule has 4 aromatic rings. The van der Waals surface area contributed by atoms with Gasteiger partial charge < -0.3 is 9.15 Å². The lowest BCUT2D eigenvalue weighted by molar-refractivity contribution is 0.416. The topological polar surface area (TPSA) is 22.4 Å². The molecule has 23 heavy (non-hydrogen) atoms. The molecule has 112 valence electrons. The molecule has 0 radical (unpaired) electrons.